The van der Waals surface area contributed by atoms with Gasteiger partial charge in [-0.1, -0.05) is 34.5 Å². The van der Waals surface area contributed by atoms with Crippen LogP contribution in [0.4, 0.5) is 0 Å². The molecule has 4 heteroatoms. The summed E-state index contributed by atoms with van der Waals surface area (Å²) >= 11 is 3.77. The van der Waals surface area contributed by atoms with Crippen LogP contribution in [0.25, 0.3) is 0 Å². The Morgan fingerprint density at radius 3 is 2.81 bits per heavy atom. The highest BCUT2D eigenvalue weighted by Gasteiger charge is 2.16. The Kier molecular flexibility index (Phi) is 5.69. The molecule has 116 valence electrons. The van der Waals surface area contributed by atoms with Gasteiger partial charge in [0.25, 0.3) is 0 Å². The van der Waals surface area contributed by atoms with Crippen LogP contribution in [0.15, 0.2) is 22.7 Å². The van der Waals surface area contributed by atoms with Crippen LogP contribution in [-0.4, -0.2) is 44.3 Å². The number of piperidine rings is 1. The number of nitrogens with zero attached hydrogens (tertiary/aromatic N) is 1. The lowest BCUT2D eigenvalue weighted by molar-refractivity contribution is 0.0384. The Morgan fingerprint density at radius 2 is 2.10 bits per heavy atom. The number of nitrogens with one attached hydrogen (secondary N) is 1. The predicted molar refractivity (Wildman–Crippen MR) is 89.7 cm³/mol. The summed E-state index contributed by atoms with van der Waals surface area (Å²) in [5, 5.41) is 3.62. The number of rotatable bonds is 4. The maximum absolute atomic E-state index is 5.40. The number of hydrogen-bond acceptors (Lipinski definition) is 3. The molecule has 2 fully saturated rings. The molecule has 0 saturated carbocycles. The summed E-state index contributed by atoms with van der Waals surface area (Å²) in [6.07, 6.45) is 5.03. The minimum Gasteiger partial charge on any atom is -0.379 e. The van der Waals surface area contributed by atoms with Crippen LogP contribution in [-0.2, 0) is 11.2 Å². The van der Waals surface area contributed by atoms with Crippen LogP contribution in [0.1, 0.15) is 36.4 Å². The first-order valence-corrected chi connectivity index (χ1v) is 8.94. The van der Waals surface area contributed by atoms with E-state index in [9.17, 15) is 0 Å². The maximum atomic E-state index is 5.40. The van der Waals surface area contributed by atoms with Gasteiger partial charge < -0.3 is 10.1 Å². The summed E-state index contributed by atoms with van der Waals surface area (Å²) in [6, 6.07) is 7.47. The quantitative estimate of drug-likeness (QED) is 0.900. The molecular weight excluding hydrogens is 328 g/mol. The fraction of sp³-hybridized carbons (Fsp3) is 0.647. The fourth-order valence-corrected chi connectivity index (χ4v) is 3.82. The van der Waals surface area contributed by atoms with Crippen LogP contribution < -0.4 is 5.32 Å². The summed E-state index contributed by atoms with van der Waals surface area (Å²) in [5.41, 5.74) is 2.85. The monoisotopic (exact) mass is 352 g/mol. The lowest BCUT2D eigenvalue weighted by Crippen LogP contribution is -2.37. The zero-order valence-corrected chi connectivity index (χ0v) is 14.2. The molecule has 1 unspecified atom stereocenters. The van der Waals surface area contributed by atoms with Crippen molar-refractivity contribution >= 4 is 15.9 Å². The van der Waals surface area contributed by atoms with Crippen molar-refractivity contribution in [1.82, 2.24) is 10.2 Å². The Morgan fingerprint density at radius 1 is 1.24 bits per heavy atom. The number of morpholine rings is 1. The molecule has 2 aliphatic rings. The topological polar surface area (TPSA) is 24.5 Å². The lowest BCUT2D eigenvalue weighted by Gasteiger charge is -2.27. The molecule has 3 nitrogen and oxygen atoms in total. The molecule has 0 aromatic heterocycles. The second-order valence-corrected chi connectivity index (χ2v) is 6.91. The van der Waals surface area contributed by atoms with Gasteiger partial charge in [-0.2, -0.15) is 0 Å². The molecule has 2 aliphatic heterocycles. The Bertz CT molecular complexity index is 454. The van der Waals surface area contributed by atoms with E-state index in [-0.39, 0.29) is 0 Å². The average molecular weight is 353 g/mol. The van der Waals surface area contributed by atoms with E-state index < -0.39 is 0 Å². The first kappa shape index (κ1) is 15.5. The van der Waals surface area contributed by atoms with Crippen LogP contribution >= 0.6 is 15.9 Å². The highest BCUT2D eigenvalue weighted by molar-refractivity contribution is 9.10. The number of hydrogen-bond donors (Lipinski definition) is 1. The molecule has 0 amide bonds. The van der Waals surface area contributed by atoms with Crippen molar-refractivity contribution in [1.29, 1.82) is 0 Å². The van der Waals surface area contributed by atoms with Crippen molar-refractivity contribution in [3.8, 4) is 0 Å². The molecule has 0 radical (unpaired) electrons. The van der Waals surface area contributed by atoms with Gasteiger partial charge in [0.05, 0.1) is 13.2 Å². The summed E-state index contributed by atoms with van der Waals surface area (Å²) in [5.74, 6) is 0. The Balaban J connectivity index is 1.58. The van der Waals surface area contributed by atoms with Crippen LogP contribution in [0.2, 0.25) is 0 Å². The standard InChI is InChI=1S/C17H25BrN2O/c18-16-13-15(17-3-1-2-7-19-17)5-4-14(16)6-8-20-9-11-21-12-10-20/h4-5,13,17,19H,1-3,6-12H2. The van der Waals surface area contributed by atoms with E-state index in [0.717, 1.165) is 45.8 Å². The third kappa shape index (κ3) is 4.28. The van der Waals surface area contributed by atoms with Gasteiger partial charge in [-0.3, -0.25) is 4.90 Å². The minimum absolute atomic E-state index is 0.545. The smallest absolute Gasteiger partial charge is 0.0594 e. The van der Waals surface area contributed by atoms with Crippen molar-refractivity contribution in [3.63, 3.8) is 0 Å². The molecule has 2 heterocycles. The highest BCUT2D eigenvalue weighted by Crippen LogP contribution is 2.27. The summed E-state index contributed by atoms with van der Waals surface area (Å²) in [4.78, 5) is 2.49. The third-order valence-corrected chi connectivity index (χ3v) is 5.33. The van der Waals surface area contributed by atoms with Crippen LogP contribution in [0.5, 0.6) is 0 Å². The van der Waals surface area contributed by atoms with E-state index >= 15 is 0 Å². The molecule has 0 aliphatic carbocycles. The minimum atomic E-state index is 0.545. The summed E-state index contributed by atoms with van der Waals surface area (Å²) in [7, 11) is 0. The fourth-order valence-electron chi connectivity index (χ4n) is 3.22. The first-order valence-electron chi connectivity index (χ1n) is 8.15. The van der Waals surface area contributed by atoms with Gasteiger partial charge in [-0.15, -0.1) is 0 Å². The van der Waals surface area contributed by atoms with Crippen molar-refractivity contribution in [2.45, 2.75) is 31.7 Å². The van der Waals surface area contributed by atoms with Gasteiger partial charge in [0.1, 0.15) is 0 Å². The normalized spacial score (nSPS) is 24.1. The van der Waals surface area contributed by atoms with Gasteiger partial charge in [-0.05, 0) is 43.0 Å². The average Bonchev–Trinajstić information content (AvgIpc) is 2.55. The largest absolute Gasteiger partial charge is 0.379 e. The molecule has 21 heavy (non-hydrogen) atoms. The second-order valence-electron chi connectivity index (χ2n) is 6.06. The van der Waals surface area contributed by atoms with Crippen molar-refractivity contribution < 1.29 is 4.74 Å². The highest BCUT2D eigenvalue weighted by atomic mass is 79.9. The summed E-state index contributed by atoms with van der Waals surface area (Å²) < 4.78 is 6.66. The van der Waals surface area contributed by atoms with E-state index in [4.69, 9.17) is 4.74 Å². The van der Waals surface area contributed by atoms with Crippen molar-refractivity contribution in [2.75, 3.05) is 39.4 Å². The van der Waals surface area contributed by atoms with Gasteiger partial charge in [0.15, 0.2) is 0 Å². The second kappa shape index (κ2) is 7.73. The molecular formula is C17H25BrN2O. The van der Waals surface area contributed by atoms with Gasteiger partial charge in [-0.25, -0.2) is 0 Å². The molecule has 1 N–H and O–H groups in total. The van der Waals surface area contributed by atoms with Crippen LogP contribution in [0, 0.1) is 0 Å². The molecule has 1 atom stereocenters. The van der Waals surface area contributed by atoms with E-state index in [1.165, 1.54) is 34.9 Å². The van der Waals surface area contributed by atoms with Crippen LogP contribution in [0.3, 0.4) is 0 Å². The van der Waals surface area contributed by atoms with E-state index in [1.807, 2.05) is 0 Å². The molecule has 0 spiro atoms. The zero-order valence-electron chi connectivity index (χ0n) is 12.6. The van der Waals surface area contributed by atoms with Crippen molar-refractivity contribution in [3.05, 3.63) is 33.8 Å². The van der Waals surface area contributed by atoms with Gasteiger partial charge >= 0.3 is 0 Å². The molecule has 2 saturated heterocycles. The molecule has 1 aromatic rings. The van der Waals surface area contributed by atoms with Crippen molar-refractivity contribution in [2.24, 2.45) is 0 Å². The Labute approximate surface area is 136 Å². The molecule has 0 bridgehead atoms. The van der Waals surface area contributed by atoms with E-state index in [1.54, 1.807) is 0 Å². The SMILES string of the molecule is Brc1cc(C2CCCCN2)ccc1CCN1CCOCC1. The van der Waals surface area contributed by atoms with Gasteiger partial charge in [0.2, 0.25) is 0 Å². The van der Waals surface area contributed by atoms with E-state index in [2.05, 4.69) is 44.3 Å². The number of benzene rings is 1. The zero-order chi connectivity index (χ0) is 14.5. The maximum Gasteiger partial charge on any atom is 0.0594 e. The van der Waals surface area contributed by atoms with Gasteiger partial charge in [0, 0.05) is 30.1 Å². The number of halogens is 1. The predicted octanol–water partition coefficient (Wildman–Crippen LogP) is 3.14. The summed E-state index contributed by atoms with van der Waals surface area (Å²) in [6.45, 7) is 6.19. The number of ether oxygens (including phenoxy) is 1. The first-order chi connectivity index (χ1) is 10.3. The van der Waals surface area contributed by atoms with E-state index in [0.29, 0.717) is 6.04 Å². The molecule has 3 rings (SSSR count). The Hall–Kier alpha value is -0.420. The molecule has 1 aromatic carbocycles. The third-order valence-electron chi connectivity index (χ3n) is 4.59. The lowest BCUT2D eigenvalue weighted by atomic mass is 9.96.